The summed E-state index contributed by atoms with van der Waals surface area (Å²) >= 11 is 7.10. The molecule has 698 valence electrons. The molecule has 16 rings (SSSR count). The van der Waals surface area contributed by atoms with Crippen LogP contribution in [0.25, 0.3) is 22.3 Å². The van der Waals surface area contributed by atoms with Crippen molar-refractivity contribution in [3.8, 4) is 22.3 Å². The second-order valence-corrected chi connectivity index (χ2v) is 45.4. The number of nitrogens with zero attached hydrogens (tertiary/aromatic N) is 5. The Kier molecular flexibility index (Phi) is 29.6. The molecule has 0 amide bonds. The lowest BCUT2D eigenvalue weighted by atomic mass is 9.79. The first-order chi connectivity index (χ1) is 64.0. The van der Waals surface area contributed by atoms with E-state index in [-0.39, 0.29) is 45.4 Å². The first-order valence-electron chi connectivity index (χ1n) is 48.2. The van der Waals surface area contributed by atoms with E-state index in [1.165, 1.54) is 134 Å². The standard InChI is InChI=1S/C72H77N3.C30H38BNO2.C24H25Br2N/c1-48-42-58(70(7,8)9)43-49(2)67(48)73(61-22-18-16-19-23-61)63-34-26-54(27-35-63)56-30-38-65(39-31-56)75(69-52(5)46-60(47-53(69)6)72(13,14)15)66-40-32-57(33-41-66)55-28-36-64(37-29-55)74(62-24-20-17-21-25-62)68-50(3)44-59(45-51(68)4)71(10,11)12;1-21-19-23(28(3,4)5)20-22(2)27(21)32(25-13-11-10-12-14-25)26-17-15-24(16-18-26)31-33-29(6,7)30(8,9)34-31;1-16-14-18(24(3,4)5)15-17(2)23(16)27(21-10-6-19(25)7-11-21)22-12-8-20(26)9-13-22/h16-47H,1-15H3;10-20H,1-9H3;6-15H,1-5H3. The van der Waals surface area contributed by atoms with Crippen LogP contribution < -0.4 is 30.0 Å². The number of halogens is 2. The van der Waals surface area contributed by atoms with Gasteiger partial charge in [-0.25, -0.2) is 0 Å². The quantitative estimate of drug-likeness (QED) is 0.0792. The molecule has 1 fully saturated rings. The summed E-state index contributed by atoms with van der Waals surface area (Å²) in [6, 6.07) is 118. The molecule has 1 aliphatic heterocycles. The van der Waals surface area contributed by atoms with Crippen molar-refractivity contribution in [3.05, 3.63) is 414 Å². The van der Waals surface area contributed by atoms with E-state index < -0.39 is 0 Å². The van der Waals surface area contributed by atoms with Gasteiger partial charge in [-0.1, -0.05) is 312 Å². The fourth-order valence-electron chi connectivity index (χ4n) is 18.6. The number of rotatable bonds is 18. The summed E-state index contributed by atoms with van der Waals surface area (Å²) in [7, 11) is -0.362. The molecular formula is C126H140BBr2N5O2. The molecule has 1 saturated heterocycles. The Bertz CT molecular complexity index is 6320. The summed E-state index contributed by atoms with van der Waals surface area (Å²) in [5, 5.41) is 0. The number of hydrogen-bond donors (Lipinski definition) is 0. The SMILES string of the molecule is Cc1cc(C(C)(C)C)cc(C)c1N(c1ccc(Br)cc1)c1ccc(Br)cc1.Cc1cc(C(C)(C)C)cc(C)c1N(c1ccccc1)c1ccc(-c2ccc(N(c3ccc(-c4ccc(N(c5ccccc5)c5c(C)cc(C(C)(C)C)cc5C)cc4)cc3)c3c(C)cc(C(C)(C)C)cc3C)cc2)cc1.Cc1cc(C(C)(C)C)cc(C)c1N(c1ccccc1)c1ccc(B2OC(C)(C)C(C)(C)O2)cc1. The molecule has 1 aliphatic rings. The van der Waals surface area contributed by atoms with E-state index in [0.717, 1.165) is 71.3 Å². The zero-order chi connectivity index (χ0) is 98.2. The van der Waals surface area contributed by atoms with Crippen LogP contribution in [0.5, 0.6) is 0 Å². The summed E-state index contributed by atoms with van der Waals surface area (Å²) in [6.45, 7) is 64.9. The van der Waals surface area contributed by atoms with Gasteiger partial charge in [0.1, 0.15) is 0 Å². The number of anilines is 15. The van der Waals surface area contributed by atoms with Gasteiger partial charge in [0.2, 0.25) is 0 Å². The summed E-state index contributed by atoms with van der Waals surface area (Å²) in [5.74, 6) is 0. The third-order valence-electron chi connectivity index (χ3n) is 27.0. The average Bonchev–Trinajstić information content (AvgIpc) is 1.64. The van der Waals surface area contributed by atoms with Crippen molar-refractivity contribution in [2.24, 2.45) is 0 Å². The smallest absolute Gasteiger partial charge is 0.399 e. The van der Waals surface area contributed by atoms with Gasteiger partial charge >= 0.3 is 7.12 Å². The molecular weight excluding hydrogens is 1790 g/mol. The van der Waals surface area contributed by atoms with Crippen LogP contribution in [0.1, 0.15) is 215 Å². The Labute approximate surface area is 832 Å². The van der Waals surface area contributed by atoms with Gasteiger partial charge in [0.25, 0.3) is 0 Å². The molecule has 0 spiro atoms. The summed E-state index contributed by atoms with van der Waals surface area (Å²) in [6.07, 6.45) is 0. The third-order valence-corrected chi connectivity index (χ3v) is 28.0. The van der Waals surface area contributed by atoms with Crippen LogP contribution in [0.2, 0.25) is 0 Å². The zero-order valence-corrected chi connectivity index (χ0v) is 89.2. The van der Waals surface area contributed by atoms with Gasteiger partial charge in [0.15, 0.2) is 0 Å². The van der Waals surface area contributed by atoms with Gasteiger partial charge in [-0.15, -0.1) is 0 Å². The Morgan fingerprint density at radius 2 is 0.353 bits per heavy atom. The van der Waals surface area contributed by atoms with E-state index in [1.54, 1.807) is 0 Å². The Morgan fingerprint density at radius 1 is 0.206 bits per heavy atom. The van der Waals surface area contributed by atoms with Crippen molar-refractivity contribution in [2.45, 2.75) is 239 Å². The highest BCUT2D eigenvalue weighted by atomic mass is 79.9. The Morgan fingerprint density at radius 3 is 0.515 bits per heavy atom. The van der Waals surface area contributed by atoms with Crippen molar-refractivity contribution in [3.63, 3.8) is 0 Å². The average molecular weight is 1930 g/mol. The minimum atomic E-state index is -0.362. The van der Waals surface area contributed by atoms with Gasteiger partial charge in [-0.2, -0.15) is 0 Å². The second-order valence-electron chi connectivity index (χ2n) is 43.5. The van der Waals surface area contributed by atoms with Gasteiger partial charge in [-0.3, -0.25) is 0 Å². The maximum Gasteiger partial charge on any atom is 0.494 e. The molecule has 136 heavy (non-hydrogen) atoms. The molecule has 1 heterocycles. The van der Waals surface area contributed by atoms with Crippen LogP contribution in [0.3, 0.4) is 0 Å². The van der Waals surface area contributed by atoms with Crippen LogP contribution in [0.4, 0.5) is 85.3 Å². The highest BCUT2D eigenvalue weighted by Crippen LogP contribution is 2.50. The van der Waals surface area contributed by atoms with Crippen molar-refractivity contribution in [1.29, 1.82) is 0 Å². The molecule has 0 radical (unpaired) electrons. The molecule has 0 bridgehead atoms. The minimum absolute atomic E-state index is 0.0343. The normalized spacial score (nSPS) is 13.2. The maximum atomic E-state index is 6.27. The molecule has 0 unspecified atom stereocenters. The van der Waals surface area contributed by atoms with Crippen LogP contribution in [0.15, 0.2) is 330 Å². The van der Waals surface area contributed by atoms with E-state index in [0.29, 0.717) is 0 Å². The van der Waals surface area contributed by atoms with Crippen molar-refractivity contribution >= 4 is 130 Å². The molecule has 15 aromatic carbocycles. The Hall–Kier alpha value is -11.8. The molecule has 0 aromatic heterocycles. The monoisotopic (exact) mass is 1920 g/mol. The number of benzene rings is 15. The molecule has 10 heteroatoms. The van der Waals surface area contributed by atoms with Gasteiger partial charge in [0, 0.05) is 65.8 Å². The fraction of sp³-hybridized carbons (Fsp3) is 0.286. The summed E-state index contributed by atoms with van der Waals surface area (Å²) in [4.78, 5) is 12.0. The van der Waals surface area contributed by atoms with E-state index in [2.05, 4.69) is 579 Å². The van der Waals surface area contributed by atoms with E-state index in [4.69, 9.17) is 9.31 Å². The zero-order valence-electron chi connectivity index (χ0n) is 86.0. The molecule has 0 aliphatic carbocycles. The largest absolute Gasteiger partial charge is 0.494 e. The third kappa shape index (κ3) is 22.4. The lowest BCUT2D eigenvalue weighted by Gasteiger charge is -2.32. The van der Waals surface area contributed by atoms with Crippen LogP contribution in [0, 0.1) is 69.2 Å². The summed E-state index contributed by atoms with van der Waals surface area (Å²) in [5.41, 5.74) is 42.4. The van der Waals surface area contributed by atoms with Gasteiger partial charge in [-0.05, 0) is 381 Å². The van der Waals surface area contributed by atoms with Crippen LogP contribution in [-0.2, 0) is 36.4 Å². The van der Waals surface area contributed by atoms with E-state index in [9.17, 15) is 0 Å². The fourth-order valence-corrected chi connectivity index (χ4v) is 19.2. The predicted octanol–water partition coefficient (Wildman–Crippen LogP) is 37.1. The van der Waals surface area contributed by atoms with Crippen LogP contribution >= 0.6 is 31.9 Å². The first kappa shape index (κ1) is 100. The molecule has 7 nitrogen and oxygen atoms in total. The maximum absolute atomic E-state index is 6.27. The molecule has 15 aromatic rings. The lowest BCUT2D eigenvalue weighted by Crippen LogP contribution is -2.41. The van der Waals surface area contributed by atoms with Crippen molar-refractivity contribution in [2.75, 3.05) is 24.5 Å². The molecule has 0 N–H and O–H groups in total. The predicted molar refractivity (Wildman–Crippen MR) is 596 cm³/mol. The number of para-hydroxylation sites is 3. The lowest BCUT2D eigenvalue weighted by molar-refractivity contribution is 0.00578. The van der Waals surface area contributed by atoms with E-state index in [1.807, 2.05) is 0 Å². The highest BCUT2D eigenvalue weighted by Gasteiger charge is 2.52. The Balaban J connectivity index is 0.000000198. The van der Waals surface area contributed by atoms with E-state index >= 15 is 0 Å². The molecule has 0 saturated carbocycles. The van der Waals surface area contributed by atoms with Crippen molar-refractivity contribution in [1.82, 2.24) is 0 Å². The topological polar surface area (TPSA) is 34.7 Å². The second kappa shape index (κ2) is 40.1. The molecule has 0 atom stereocenters. The number of aryl methyl sites for hydroxylation is 10. The highest BCUT2D eigenvalue weighted by molar-refractivity contribution is 9.10. The van der Waals surface area contributed by atoms with Gasteiger partial charge < -0.3 is 33.8 Å². The van der Waals surface area contributed by atoms with Gasteiger partial charge in [0.05, 0.1) is 39.6 Å². The van der Waals surface area contributed by atoms with Crippen molar-refractivity contribution < 1.29 is 9.31 Å². The van der Waals surface area contributed by atoms with Crippen LogP contribution in [-0.4, -0.2) is 18.3 Å². The summed E-state index contributed by atoms with van der Waals surface area (Å²) < 4.78 is 14.7. The minimum Gasteiger partial charge on any atom is -0.399 e. The first-order valence-corrected chi connectivity index (χ1v) is 49.7. The number of hydrogen-bond acceptors (Lipinski definition) is 7.